The number of nitrogens with one attached hydrogen (secondary N) is 2. The maximum absolute atomic E-state index is 12.2. The van der Waals surface area contributed by atoms with Gasteiger partial charge in [-0.15, -0.1) is 0 Å². The lowest BCUT2D eigenvalue weighted by Crippen LogP contribution is -2.28. The van der Waals surface area contributed by atoms with E-state index in [0.717, 1.165) is 17.1 Å². The van der Waals surface area contributed by atoms with Crippen molar-refractivity contribution in [3.05, 3.63) is 78.2 Å². The average Bonchev–Trinajstić information content (AvgIpc) is 2.76. The molecule has 1 aromatic carbocycles. The lowest BCUT2D eigenvalue weighted by molar-refractivity contribution is 0.0946. The van der Waals surface area contributed by atoms with E-state index >= 15 is 0 Å². The minimum absolute atomic E-state index is 0.190. The van der Waals surface area contributed by atoms with E-state index < -0.39 is 0 Å². The van der Waals surface area contributed by atoms with Gasteiger partial charge >= 0.3 is 0 Å². The van der Waals surface area contributed by atoms with E-state index in [4.69, 9.17) is 9.47 Å². The summed E-state index contributed by atoms with van der Waals surface area (Å²) in [6.45, 7) is 1.39. The number of hydrogen-bond acceptors (Lipinski definition) is 6. The third-order valence-electron chi connectivity index (χ3n) is 3.94. The van der Waals surface area contributed by atoms with Crippen LogP contribution in [0.2, 0.25) is 0 Å². The zero-order valence-electron chi connectivity index (χ0n) is 15.6. The van der Waals surface area contributed by atoms with Crippen molar-refractivity contribution in [2.75, 3.05) is 25.6 Å². The highest BCUT2D eigenvalue weighted by atomic mass is 16.5. The Kier molecular flexibility index (Phi) is 6.78. The number of hydrogen-bond donors (Lipinski definition) is 2. The van der Waals surface area contributed by atoms with Crippen molar-refractivity contribution >= 4 is 11.7 Å². The number of nitrogens with zero attached hydrogens (tertiary/aromatic N) is 2. The van der Waals surface area contributed by atoms with Crippen molar-refractivity contribution in [1.82, 2.24) is 15.3 Å². The Labute approximate surface area is 163 Å². The van der Waals surface area contributed by atoms with Crippen molar-refractivity contribution in [2.24, 2.45) is 0 Å². The van der Waals surface area contributed by atoms with E-state index in [-0.39, 0.29) is 5.91 Å². The molecule has 3 rings (SSSR count). The highest BCUT2D eigenvalue weighted by molar-refractivity contribution is 5.94. The van der Waals surface area contributed by atoms with Crippen LogP contribution in [-0.2, 0) is 6.54 Å². The van der Waals surface area contributed by atoms with Gasteiger partial charge in [-0.3, -0.25) is 9.78 Å². The first-order chi connectivity index (χ1) is 13.7. The molecule has 0 unspecified atom stereocenters. The standard InChI is InChI=1S/C21H22N4O3/c1-27-18-5-7-19(8-6-18)28-12-11-23-21(26)17-4-9-20(25-15-17)24-14-16-3-2-10-22-13-16/h2-10,13,15H,11-12,14H2,1H3,(H,23,26)(H,24,25). The molecule has 2 aromatic heterocycles. The Morgan fingerprint density at radius 1 is 1.04 bits per heavy atom. The van der Waals surface area contributed by atoms with Gasteiger partial charge in [0.15, 0.2) is 0 Å². The Balaban J connectivity index is 1.40. The van der Waals surface area contributed by atoms with Crippen LogP contribution in [-0.4, -0.2) is 36.1 Å². The van der Waals surface area contributed by atoms with Crippen LogP contribution in [0.5, 0.6) is 11.5 Å². The SMILES string of the molecule is COc1ccc(OCCNC(=O)c2ccc(NCc3cccnc3)nc2)cc1. The number of aromatic nitrogens is 2. The molecule has 0 saturated heterocycles. The van der Waals surface area contributed by atoms with Crippen molar-refractivity contribution in [2.45, 2.75) is 6.54 Å². The van der Waals surface area contributed by atoms with Gasteiger partial charge in [0.2, 0.25) is 0 Å². The molecule has 0 bridgehead atoms. The third kappa shape index (κ3) is 5.70. The zero-order valence-corrected chi connectivity index (χ0v) is 15.6. The highest BCUT2D eigenvalue weighted by Crippen LogP contribution is 2.16. The molecular weight excluding hydrogens is 356 g/mol. The van der Waals surface area contributed by atoms with E-state index in [0.29, 0.717) is 31.1 Å². The van der Waals surface area contributed by atoms with Gasteiger partial charge in [0.1, 0.15) is 23.9 Å². The number of anilines is 1. The topological polar surface area (TPSA) is 85.4 Å². The summed E-state index contributed by atoms with van der Waals surface area (Å²) in [5, 5.41) is 6.01. The molecule has 0 spiro atoms. The lowest BCUT2D eigenvalue weighted by Gasteiger charge is -2.09. The summed E-state index contributed by atoms with van der Waals surface area (Å²) < 4.78 is 10.7. The average molecular weight is 378 g/mol. The Morgan fingerprint density at radius 2 is 1.86 bits per heavy atom. The predicted octanol–water partition coefficient (Wildman–Crippen LogP) is 2.91. The molecule has 7 heteroatoms. The van der Waals surface area contributed by atoms with Crippen LogP contribution in [0.4, 0.5) is 5.82 Å². The van der Waals surface area contributed by atoms with Gasteiger partial charge in [0.05, 0.1) is 19.2 Å². The van der Waals surface area contributed by atoms with Crippen molar-refractivity contribution in [3.63, 3.8) is 0 Å². The second-order valence-corrected chi connectivity index (χ2v) is 5.93. The molecule has 0 aliphatic carbocycles. The minimum atomic E-state index is -0.190. The van der Waals surface area contributed by atoms with Gasteiger partial charge in [-0.25, -0.2) is 4.98 Å². The second-order valence-electron chi connectivity index (χ2n) is 5.93. The number of carbonyl (C=O) groups excluding carboxylic acids is 1. The summed E-state index contributed by atoms with van der Waals surface area (Å²) >= 11 is 0. The van der Waals surface area contributed by atoms with Gasteiger partial charge in [0, 0.05) is 25.1 Å². The van der Waals surface area contributed by atoms with Gasteiger partial charge in [-0.1, -0.05) is 6.07 Å². The van der Waals surface area contributed by atoms with Gasteiger partial charge in [-0.05, 0) is 48.0 Å². The first-order valence-corrected chi connectivity index (χ1v) is 8.88. The Morgan fingerprint density at radius 3 is 2.54 bits per heavy atom. The molecule has 0 aliphatic rings. The number of ether oxygens (including phenoxy) is 2. The first-order valence-electron chi connectivity index (χ1n) is 8.88. The van der Waals surface area contributed by atoms with Crippen molar-refractivity contribution in [1.29, 1.82) is 0 Å². The Bertz CT molecular complexity index is 868. The largest absolute Gasteiger partial charge is 0.497 e. The summed E-state index contributed by atoms with van der Waals surface area (Å²) in [6, 6.07) is 14.7. The van der Waals surface area contributed by atoms with Crippen molar-refractivity contribution < 1.29 is 14.3 Å². The molecule has 28 heavy (non-hydrogen) atoms. The summed E-state index contributed by atoms with van der Waals surface area (Å²) in [5.74, 6) is 2.00. The van der Waals surface area contributed by atoms with E-state index in [1.807, 2.05) is 36.4 Å². The molecule has 1 amide bonds. The van der Waals surface area contributed by atoms with E-state index in [9.17, 15) is 4.79 Å². The molecule has 0 atom stereocenters. The zero-order chi connectivity index (χ0) is 19.6. The maximum atomic E-state index is 12.2. The molecule has 0 saturated carbocycles. The number of carbonyl (C=O) groups is 1. The van der Waals surface area contributed by atoms with Crippen LogP contribution in [0.1, 0.15) is 15.9 Å². The van der Waals surface area contributed by atoms with Gasteiger partial charge in [0.25, 0.3) is 5.91 Å². The predicted molar refractivity (Wildman–Crippen MR) is 107 cm³/mol. The number of methoxy groups -OCH3 is 1. The van der Waals surface area contributed by atoms with Crippen LogP contribution in [0.25, 0.3) is 0 Å². The molecule has 144 valence electrons. The summed E-state index contributed by atoms with van der Waals surface area (Å²) in [4.78, 5) is 20.5. The van der Waals surface area contributed by atoms with E-state index in [1.165, 1.54) is 0 Å². The normalized spacial score (nSPS) is 10.2. The molecule has 0 aliphatic heterocycles. The van der Waals surface area contributed by atoms with Crippen LogP contribution < -0.4 is 20.1 Å². The summed E-state index contributed by atoms with van der Waals surface area (Å²) in [7, 11) is 1.61. The number of rotatable bonds is 9. The highest BCUT2D eigenvalue weighted by Gasteiger charge is 2.06. The third-order valence-corrected chi connectivity index (χ3v) is 3.94. The van der Waals surface area contributed by atoms with Gasteiger partial charge in [-0.2, -0.15) is 0 Å². The molecule has 2 N–H and O–H groups in total. The fraction of sp³-hybridized carbons (Fsp3) is 0.190. The van der Waals surface area contributed by atoms with Gasteiger partial charge < -0.3 is 20.1 Å². The van der Waals surface area contributed by atoms with Crippen LogP contribution >= 0.6 is 0 Å². The minimum Gasteiger partial charge on any atom is -0.497 e. The smallest absolute Gasteiger partial charge is 0.252 e. The van der Waals surface area contributed by atoms with Crippen LogP contribution in [0.3, 0.4) is 0 Å². The first kappa shape index (κ1) is 19.2. The lowest BCUT2D eigenvalue weighted by atomic mass is 10.2. The fourth-order valence-electron chi connectivity index (χ4n) is 2.44. The number of benzene rings is 1. The van der Waals surface area contributed by atoms with Crippen molar-refractivity contribution in [3.8, 4) is 11.5 Å². The Hall–Kier alpha value is -3.61. The second kappa shape index (κ2) is 9.91. The maximum Gasteiger partial charge on any atom is 0.252 e. The number of pyridine rings is 2. The molecule has 3 aromatic rings. The molecule has 0 radical (unpaired) electrons. The summed E-state index contributed by atoms with van der Waals surface area (Å²) in [5.41, 5.74) is 1.55. The summed E-state index contributed by atoms with van der Waals surface area (Å²) in [6.07, 6.45) is 5.07. The quantitative estimate of drug-likeness (QED) is 0.557. The van der Waals surface area contributed by atoms with E-state index in [1.54, 1.807) is 37.8 Å². The molecule has 2 heterocycles. The van der Waals surface area contributed by atoms with Crippen LogP contribution in [0.15, 0.2) is 67.1 Å². The van der Waals surface area contributed by atoms with Crippen LogP contribution in [0, 0.1) is 0 Å². The molecule has 7 nitrogen and oxygen atoms in total. The molecular formula is C21H22N4O3. The van der Waals surface area contributed by atoms with E-state index in [2.05, 4.69) is 20.6 Å². The monoisotopic (exact) mass is 378 g/mol. The molecule has 0 fully saturated rings. The number of amides is 1. The fourth-order valence-corrected chi connectivity index (χ4v) is 2.44.